The summed E-state index contributed by atoms with van der Waals surface area (Å²) in [5.41, 5.74) is -0.401. The predicted molar refractivity (Wildman–Crippen MR) is 186 cm³/mol. The first-order valence-corrected chi connectivity index (χ1v) is 19.2. The fourth-order valence-electron chi connectivity index (χ4n) is 7.16. The van der Waals surface area contributed by atoms with Crippen LogP contribution in [0, 0.1) is 0 Å². The first-order chi connectivity index (χ1) is 20.4. The summed E-state index contributed by atoms with van der Waals surface area (Å²) in [6, 6.07) is 41.8. The molecule has 2 atom stereocenters. The standard InChI is InChI=1S/C38H46O3Si2/c1-8-21-34(42(37(2,3)4,30-22-13-9-14-23-30)31-24-15-10-16-25-31)35(36(39)40)41-43(38(5,6)7,32-26-17-11-18-27-32)33-28-19-12-20-29-33/h8-29,34-35H,1-7H3,(H,39,40)/b21-8+/t34-,35-/m0/s1. The van der Waals surface area contributed by atoms with E-state index in [2.05, 4.69) is 120 Å². The molecule has 0 amide bonds. The smallest absolute Gasteiger partial charge is 0.331 e. The summed E-state index contributed by atoms with van der Waals surface area (Å²) in [5.74, 6) is -0.927. The van der Waals surface area contributed by atoms with E-state index in [0.717, 1.165) is 10.4 Å². The van der Waals surface area contributed by atoms with E-state index >= 15 is 0 Å². The van der Waals surface area contributed by atoms with Crippen LogP contribution >= 0.6 is 0 Å². The molecule has 0 unspecified atom stereocenters. The number of allylic oxidation sites excluding steroid dienone is 1. The largest absolute Gasteiger partial charge is 0.479 e. The molecule has 0 aliphatic carbocycles. The third-order valence-electron chi connectivity index (χ3n) is 8.83. The molecule has 4 rings (SSSR count). The average molecular weight is 607 g/mol. The fraction of sp³-hybridized carbons (Fsp3) is 0.289. The van der Waals surface area contributed by atoms with Gasteiger partial charge in [0.15, 0.2) is 0 Å². The van der Waals surface area contributed by atoms with E-state index in [1.807, 2.05) is 61.5 Å². The van der Waals surface area contributed by atoms with Crippen molar-refractivity contribution in [2.45, 2.75) is 70.2 Å². The monoisotopic (exact) mass is 606 g/mol. The Hall–Kier alpha value is -3.52. The maximum absolute atomic E-state index is 13.8. The van der Waals surface area contributed by atoms with Crippen molar-refractivity contribution < 1.29 is 14.3 Å². The SMILES string of the molecule is C/C=C/[C@@H]([C@H](O[Si](c1ccccc1)(c1ccccc1)C(C)(C)C)C(=O)O)[Si](c1ccccc1)(c1ccccc1)C(C)(C)C. The normalized spacial score (nSPS) is 14.4. The number of hydrogen-bond donors (Lipinski definition) is 1. The molecule has 0 heterocycles. The van der Waals surface area contributed by atoms with E-state index < -0.39 is 34.0 Å². The maximum atomic E-state index is 13.8. The first kappa shape index (κ1) is 32.4. The molecular weight excluding hydrogens is 561 g/mol. The lowest BCUT2D eigenvalue weighted by Gasteiger charge is -2.52. The summed E-state index contributed by atoms with van der Waals surface area (Å²) in [6.07, 6.45) is 3.07. The van der Waals surface area contributed by atoms with Crippen LogP contribution in [0.2, 0.25) is 15.6 Å². The van der Waals surface area contributed by atoms with Crippen LogP contribution < -0.4 is 20.7 Å². The van der Waals surface area contributed by atoms with Gasteiger partial charge in [0.05, 0.1) is 0 Å². The molecule has 0 aliphatic heterocycles. The Balaban J connectivity index is 2.11. The zero-order valence-corrected chi connectivity index (χ0v) is 28.6. The number of carboxylic acid groups (broad SMARTS) is 1. The molecule has 0 saturated heterocycles. The van der Waals surface area contributed by atoms with Crippen molar-refractivity contribution in [3.05, 3.63) is 133 Å². The van der Waals surface area contributed by atoms with Gasteiger partial charge >= 0.3 is 5.97 Å². The molecule has 0 aromatic heterocycles. The lowest BCUT2D eigenvalue weighted by molar-refractivity contribution is -0.145. The molecule has 4 aromatic rings. The van der Waals surface area contributed by atoms with Gasteiger partial charge in [0.1, 0.15) is 14.2 Å². The van der Waals surface area contributed by atoms with Crippen molar-refractivity contribution >= 4 is 43.1 Å². The molecule has 4 aromatic carbocycles. The van der Waals surface area contributed by atoms with Crippen LogP contribution in [0.5, 0.6) is 0 Å². The zero-order chi connectivity index (χ0) is 31.3. The second-order valence-electron chi connectivity index (χ2n) is 13.4. The van der Waals surface area contributed by atoms with Gasteiger partial charge in [0.2, 0.25) is 0 Å². The number of rotatable bonds is 10. The molecule has 0 saturated carbocycles. The predicted octanol–water partition coefficient (Wildman–Crippen LogP) is 7.03. The molecule has 0 radical (unpaired) electrons. The van der Waals surface area contributed by atoms with Crippen LogP contribution in [-0.4, -0.2) is 33.6 Å². The average Bonchev–Trinajstić information content (AvgIpc) is 2.98. The van der Waals surface area contributed by atoms with Gasteiger partial charge in [0, 0.05) is 5.54 Å². The fourth-order valence-corrected chi connectivity index (χ4v) is 18.4. The molecule has 5 heteroatoms. The van der Waals surface area contributed by atoms with Crippen molar-refractivity contribution in [2.75, 3.05) is 0 Å². The summed E-state index contributed by atoms with van der Waals surface area (Å²) in [4.78, 5) is 13.8. The summed E-state index contributed by atoms with van der Waals surface area (Å²) in [7, 11) is -6.16. The highest BCUT2D eigenvalue weighted by Gasteiger charge is 2.59. The van der Waals surface area contributed by atoms with Crippen LogP contribution in [0.1, 0.15) is 48.5 Å². The van der Waals surface area contributed by atoms with Gasteiger partial charge in [-0.3, -0.25) is 0 Å². The minimum Gasteiger partial charge on any atom is -0.479 e. The zero-order valence-electron chi connectivity index (χ0n) is 26.6. The van der Waals surface area contributed by atoms with Crippen molar-refractivity contribution in [1.82, 2.24) is 0 Å². The molecule has 1 N–H and O–H groups in total. The maximum Gasteiger partial charge on any atom is 0.331 e. The van der Waals surface area contributed by atoms with Crippen LogP contribution in [0.4, 0.5) is 0 Å². The van der Waals surface area contributed by atoms with Crippen molar-refractivity contribution in [3.8, 4) is 0 Å². The number of carbonyl (C=O) groups is 1. The van der Waals surface area contributed by atoms with Gasteiger partial charge in [-0.1, -0.05) is 185 Å². The van der Waals surface area contributed by atoms with Gasteiger partial charge in [0.25, 0.3) is 8.32 Å². The lowest BCUT2D eigenvalue weighted by atomic mass is 10.2. The Labute approximate surface area is 260 Å². The minimum absolute atomic E-state index is 0.262. The van der Waals surface area contributed by atoms with Gasteiger partial charge in [-0.25, -0.2) is 4.79 Å². The highest BCUT2D eigenvalue weighted by Crippen LogP contribution is 2.48. The Kier molecular flexibility index (Phi) is 9.80. The highest BCUT2D eigenvalue weighted by molar-refractivity contribution is 7.06. The summed E-state index contributed by atoms with van der Waals surface area (Å²) in [5, 5.41) is 15.2. The minimum atomic E-state index is -3.20. The van der Waals surface area contributed by atoms with E-state index in [1.165, 1.54) is 10.4 Å². The summed E-state index contributed by atoms with van der Waals surface area (Å²) < 4.78 is 7.52. The van der Waals surface area contributed by atoms with E-state index in [1.54, 1.807) is 0 Å². The van der Waals surface area contributed by atoms with Crippen LogP contribution in [0.25, 0.3) is 0 Å². The number of carboxylic acids is 1. The first-order valence-electron chi connectivity index (χ1n) is 15.2. The van der Waals surface area contributed by atoms with Gasteiger partial charge in [-0.15, -0.1) is 0 Å². The Bertz CT molecular complexity index is 1410. The topological polar surface area (TPSA) is 46.5 Å². The van der Waals surface area contributed by atoms with Crippen LogP contribution in [0.15, 0.2) is 133 Å². The van der Waals surface area contributed by atoms with Gasteiger partial charge < -0.3 is 9.53 Å². The van der Waals surface area contributed by atoms with E-state index in [-0.39, 0.29) is 10.1 Å². The van der Waals surface area contributed by atoms with Crippen LogP contribution in [0.3, 0.4) is 0 Å². The highest BCUT2D eigenvalue weighted by atomic mass is 28.4. The molecule has 224 valence electrons. The Morgan fingerprint density at radius 1 is 0.628 bits per heavy atom. The lowest BCUT2D eigenvalue weighted by Crippen LogP contribution is -2.73. The second kappa shape index (κ2) is 13.0. The third kappa shape index (κ3) is 5.99. The van der Waals surface area contributed by atoms with E-state index in [0.29, 0.717) is 0 Å². The summed E-state index contributed by atoms with van der Waals surface area (Å²) in [6.45, 7) is 15.4. The van der Waals surface area contributed by atoms with Crippen molar-refractivity contribution in [1.29, 1.82) is 0 Å². The van der Waals surface area contributed by atoms with Crippen LogP contribution in [-0.2, 0) is 9.22 Å². The number of aliphatic carboxylic acids is 1. The number of hydrogen-bond acceptors (Lipinski definition) is 2. The van der Waals surface area contributed by atoms with Crippen molar-refractivity contribution in [3.63, 3.8) is 0 Å². The third-order valence-corrected chi connectivity index (χ3v) is 20.2. The molecule has 0 aliphatic rings. The van der Waals surface area contributed by atoms with E-state index in [9.17, 15) is 9.90 Å². The Morgan fingerprint density at radius 2 is 0.977 bits per heavy atom. The quantitative estimate of drug-likeness (QED) is 0.156. The second-order valence-corrected chi connectivity index (χ2v) is 22.6. The molecule has 0 spiro atoms. The summed E-state index contributed by atoms with van der Waals surface area (Å²) >= 11 is 0. The molecular formula is C38H46O3Si2. The van der Waals surface area contributed by atoms with E-state index in [4.69, 9.17) is 4.43 Å². The van der Waals surface area contributed by atoms with Gasteiger partial charge in [-0.05, 0) is 27.4 Å². The van der Waals surface area contributed by atoms with Crippen molar-refractivity contribution in [2.24, 2.45) is 0 Å². The molecule has 0 fully saturated rings. The molecule has 3 nitrogen and oxygen atoms in total. The number of benzene rings is 4. The Morgan fingerprint density at radius 3 is 1.26 bits per heavy atom. The molecule has 0 bridgehead atoms. The van der Waals surface area contributed by atoms with Gasteiger partial charge in [-0.2, -0.15) is 0 Å². The molecule has 43 heavy (non-hydrogen) atoms.